The van der Waals surface area contributed by atoms with Crippen molar-refractivity contribution in [3.8, 4) is 0 Å². The highest BCUT2D eigenvalue weighted by Crippen LogP contribution is 2.30. The summed E-state index contributed by atoms with van der Waals surface area (Å²) in [7, 11) is -7.46. The number of hydrogen-bond acceptors (Lipinski definition) is 6. The number of hydrogen-bond donors (Lipinski definition) is 0. The van der Waals surface area contributed by atoms with E-state index in [0.29, 0.717) is 36.8 Å². The van der Waals surface area contributed by atoms with Gasteiger partial charge in [0.2, 0.25) is 26.0 Å². The van der Waals surface area contributed by atoms with E-state index in [2.05, 4.69) is 4.90 Å². The van der Waals surface area contributed by atoms with Gasteiger partial charge in [-0.1, -0.05) is 17.7 Å². The maximum Gasteiger partial charge on any atom is 0.243 e. The fourth-order valence-corrected chi connectivity index (χ4v) is 7.18. The van der Waals surface area contributed by atoms with Crippen LogP contribution in [0, 0.1) is 6.92 Å². The smallest absolute Gasteiger partial charge is 0.243 e. The van der Waals surface area contributed by atoms with Gasteiger partial charge in [-0.15, -0.1) is 0 Å². The molecule has 1 amide bonds. The van der Waals surface area contributed by atoms with E-state index in [-0.39, 0.29) is 22.8 Å². The van der Waals surface area contributed by atoms with Gasteiger partial charge in [-0.25, -0.2) is 21.1 Å². The summed E-state index contributed by atoms with van der Waals surface area (Å²) in [5.74, 6) is -0.742. The van der Waals surface area contributed by atoms with E-state index in [4.69, 9.17) is 11.6 Å². The molecule has 0 spiro atoms. The summed E-state index contributed by atoms with van der Waals surface area (Å²) in [4.78, 5) is 14.2. The Morgan fingerprint density at radius 2 is 1.68 bits per heavy atom. The van der Waals surface area contributed by atoms with Crippen molar-refractivity contribution in [2.24, 2.45) is 0 Å². The van der Waals surface area contributed by atoms with Crippen molar-refractivity contribution in [3.63, 3.8) is 0 Å². The number of sulfonamides is 2. The van der Waals surface area contributed by atoms with Gasteiger partial charge in [0, 0.05) is 43.3 Å². The van der Waals surface area contributed by atoms with Crippen LogP contribution in [0.3, 0.4) is 0 Å². The van der Waals surface area contributed by atoms with Crippen LogP contribution in [0.25, 0.3) is 0 Å². The first-order valence-corrected chi connectivity index (χ1v) is 13.2. The molecule has 31 heavy (non-hydrogen) atoms. The molecule has 2 heterocycles. The Morgan fingerprint density at radius 1 is 0.968 bits per heavy atom. The van der Waals surface area contributed by atoms with Crippen LogP contribution in [0.5, 0.6) is 0 Å². The maximum atomic E-state index is 13.2. The van der Waals surface area contributed by atoms with Gasteiger partial charge in [-0.3, -0.25) is 4.79 Å². The lowest BCUT2D eigenvalue weighted by molar-refractivity contribution is -0.116. The first kappa shape index (κ1) is 22.1. The minimum Gasteiger partial charge on any atom is -0.369 e. The molecule has 2 aromatic carbocycles. The van der Waals surface area contributed by atoms with Crippen LogP contribution >= 0.6 is 11.6 Å². The standard InChI is InChI=1S/C20H22ClN3O5S2/c1-15-13-18(24-20(25)7-12-30(24,26)27)5-6-19(15)31(28,29)23-10-8-22(9-11-23)17-4-2-3-16(21)14-17/h2-6,13-14H,7-12H2,1H3. The number of nitrogens with zero attached hydrogens (tertiary/aromatic N) is 3. The van der Waals surface area contributed by atoms with Crippen molar-refractivity contribution in [2.75, 3.05) is 41.1 Å². The zero-order valence-electron chi connectivity index (χ0n) is 16.9. The summed E-state index contributed by atoms with van der Waals surface area (Å²) in [6, 6.07) is 11.6. The van der Waals surface area contributed by atoms with E-state index >= 15 is 0 Å². The van der Waals surface area contributed by atoms with Gasteiger partial charge in [0.25, 0.3) is 0 Å². The molecule has 2 fully saturated rings. The molecule has 0 aliphatic carbocycles. The van der Waals surface area contributed by atoms with Crippen LogP contribution in [0.15, 0.2) is 47.4 Å². The first-order valence-electron chi connectivity index (χ1n) is 9.77. The van der Waals surface area contributed by atoms with Crippen LogP contribution in [-0.4, -0.2) is 59.0 Å². The molecule has 11 heteroatoms. The van der Waals surface area contributed by atoms with E-state index in [9.17, 15) is 21.6 Å². The number of halogens is 1. The van der Waals surface area contributed by atoms with E-state index in [1.165, 1.54) is 22.5 Å². The lowest BCUT2D eigenvalue weighted by Gasteiger charge is -2.35. The highest BCUT2D eigenvalue weighted by atomic mass is 35.5. The predicted octanol–water partition coefficient (Wildman–Crippen LogP) is 2.23. The molecule has 0 radical (unpaired) electrons. The normalized spacial score (nSPS) is 19.7. The van der Waals surface area contributed by atoms with Crippen molar-refractivity contribution in [3.05, 3.63) is 53.1 Å². The molecule has 0 unspecified atom stereocenters. The van der Waals surface area contributed by atoms with Gasteiger partial charge < -0.3 is 4.90 Å². The number of benzene rings is 2. The van der Waals surface area contributed by atoms with Gasteiger partial charge in [0.1, 0.15) is 0 Å². The molecule has 166 valence electrons. The molecule has 2 aliphatic heterocycles. The molecule has 2 aromatic rings. The fourth-order valence-electron chi connectivity index (χ4n) is 3.92. The predicted molar refractivity (Wildman–Crippen MR) is 119 cm³/mol. The molecular formula is C20H22ClN3O5S2. The van der Waals surface area contributed by atoms with E-state index in [1.807, 2.05) is 18.2 Å². The van der Waals surface area contributed by atoms with Crippen molar-refractivity contribution in [1.29, 1.82) is 0 Å². The number of anilines is 2. The van der Waals surface area contributed by atoms with Crippen LogP contribution < -0.4 is 9.21 Å². The minimum absolute atomic E-state index is 0.0711. The Kier molecular flexibility index (Phi) is 5.76. The Hall–Kier alpha value is -2.14. The Bertz CT molecular complexity index is 1240. The quantitative estimate of drug-likeness (QED) is 0.661. The number of carbonyl (C=O) groups excluding carboxylic acids is 1. The molecular weight excluding hydrogens is 462 g/mol. The van der Waals surface area contributed by atoms with Gasteiger partial charge in [-0.05, 0) is 48.9 Å². The number of amides is 1. The molecule has 0 saturated carbocycles. The molecule has 0 bridgehead atoms. The molecule has 0 aromatic heterocycles. The van der Waals surface area contributed by atoms with E-state index < -0.39 is 26.0 Å². The lowest BCUT2D eigenvalue weighted by atomic mass is 10.2. The van der Waals surface area contributed by atoms with Gasteiger partial charge in [0.15, 0.2) is 0 Å². The van der Waals surface area contributed by atoms with Gasteiger partial charge >= 0.3 is 0 Å². The van der Waals surface area contributed by atoms with Crippen LogP contribution in [-0.2, 0) is 24.8 Å². The van der Waals surface area contributed by atoms with Gasteiger partial charge in [0.05, 0.1) is 16.3 Å². The summed E-state index contributed by atoms with van der Waals surface area (Å²) < 4.78 is 52.9. The Labute approximate surface area is 187 Å². The second-order valence-corrected chi connectivity index (χ2v) is 11.8. The SMILES string of the molecule is Cc1cc(N2C(=O)CCS2(=O)=O)ccc1S(=O)(=O)N1CCN(c2cccc(Cl)c2)CC1. The molecule has 0 atom stereocenters. The van der Waals surface area contributed by atoms with Crippen LogP contribution in [0.4, 0.5) is 11.4 Å². The monoisotopic (exact) mass is 483 g/mol. The highest BCUT2D eigenvalue weighted by molar-refractivity contribution is 7.94. The molecule has 8 nitrogen and oxygen atoms in total. The summed E-state index contributed by atoms with van der Waals surface area (Å²) in [6.07, 6.45) is -0.0711. The molecule has 0 N–H and O–H groups in total. The van der Waals surface area contributed by atoms with Crippen LogP contribution in [0.1, 0.15) is 12.0 Å². The fraction of sp³-hybridized carbons (Fsp3) is 0.350. The summed E-state index contributed by atoms with van der Waals surface area (Å²) in [6.45, 7) is 3.28. The first-order chi connectivity index (χ1) is 14.6. The largest absolute Gasteiger partial charge is 0.369 e. The average Bonchev–Trinajstić information content (AvgIpc) is 3.00. The summed E-state index contributed by atoms with van der Waals surface area (Å²) in [5, 5.41) is 0.627. The Morgan fingerprint density at radius 3 is 2.26 bits per heavy atom. The second kappa shape index (κ2) is 8.09. The van der Waals surface area contributed by atoms with E-state index in [1.54, 1.807) is 13.0 Å². The summed E-state index contributed by atoms with van der Waals surface area (Å²) in [5.41, 5.74) is 1.51. The number of carbonyl (C=O) groups is 1. The zero-order valence-corrected chi connectivity index (χ0v) is 19.3. The highest BCUT2D eigenvalue weighted by Gasteiger charge is 2.37. The molecule has 2 saturated heterocycles. The van der Waals surface area contributed by atoms with Crippen molar-refractivity contribution < 1.29 is 21.6 Å². The topological polar surface area (TPSA) is 95.1 Å². The van der Waals surface area contributed by atoms with Gasteiger partial charge in [-0.2, -0.15) is 4.31 Å². The molecule has 2 aliphatic rings. The van der Waals surface area contributed by atoms with Crippen molar-refractivity contribution >= 4 is 48.9 Å². The zero-order chi connectivity index (χ0) is 22.4. The Balaban J connectivity index is 1.54. The number of piperazine rings is 1. The van der Waals surface area contributed by atoms with Crippen molar-refractivity contribution in [2.45, 2.75) is 18.2 Å². The maximum absolute atomic E-state index is 13.2. The average molecular weight is 484 g/mol. The molecule has 4 rings (SSSR count). The summed E-state index contributed by atoms with van der Waals surface area (Å²) >= 11 is 6.05. The minimum atomic E-state index is -3.76. The third kappa shape index (κ3) is 4.17. The van der Waals surface area contributed by atoms with Crippen LogP contribution in [0.2, 0.25) is 5.02 Å². The lowest BCUT2D eigenvalue weighted by Crippen LogP contribution is -2.48. The third-order valence-electron chi connectivity index (χ3n) is 5.50. The number of aryl methyl sites for hydroxylation is 1. The number of rotatable bonds is 4. The third-order valence-corrected chi connectivity index (χ3v) is 9.49. The second-order valence-electron chi connectivity index (χ2n) is 7.54. The van der Waals surface area contributed by atoms with Crippen molar-refractivity contribution in [1.82, 2.24) is 4.31 Å². The van der Waals surface area contributed by atoms with E-state index in [0.717, 1.165) is 9.99 Å².